The predicted octanol–water partition coefficient (Wildman–Crippen LogP) is 3.80. The lowest BCUT2D eigenvalue weighted by atomic mass is 10.0. The molecule has 0 aromatic carbocycles. The molecular formula is C14H16N2. The summed E-state index contributed by atoms with van der Waals surface area (Å²) in [6, 6.07) is 5.83. The van der Waals surface area contributed by atoms with E-state index in [4.69, 9.17) is 5.26 Å². The van der Waals surface area contributed by atoms with Crippen LogP contribution in [-0.4, -0.2) is 4.98 Å². The van der Waals surface area contributed by atoms with Gasteiger partial charge in [0.1, 0.15) is 11.8 Å². The SMILES string of the molecule is C=Cc1cc(/C(C)=C\CCC)cc(C#N)n1. The van der Waals surface area contributed by atoms with Gasteiger partial charge in [0.05, 0.1) is 5.69 Å². The summed E-state index contributed by atoms with van der Waals surface area (Å²) in [6.07, 6.45) is 6.03. The lowest BCUT2D eigenvalue weighted by molar-refractivity contribution is 0.959. The van der Waals surface area contributed by atoms with Crippen molar-refractivity contribution in [3.63, 3.8) is 0 Å². The van der Waals surface area contributed by atoms with Gasteiger partial charge < -0.3 is 0 Å². The van der Waals surface area contributed by atoms with Gasteiger partial charge in [-0.15, -0.1) is 0 Å². The van der Waals surface area contributed by atoms with Crippen molar-refractivity contribution in [3.05, 3.63) is 41.7 Å². The van der Waals surface area contributed by atoms with Crippen LogP contribution >= 0.6 is 0 Å². The summed E-state index contributed by atoms with van der Waals surface area (Å²) in [5, 5.41) is 8.87. The molecule has 1 heterocycles. The van der Waals surface area contributed by atoms with Gasteiger partial charge in [0.15, 0.2) is 0 Å². The number of allylic oxidation sites excluding steroid dienone is 2. The van der Waals surface area contributed by atoms with E-state index in [0.717, 1.165) is 24.1 Å². The van der Waals surface area contributed by atoms with E-state index in [0.29, 0.717) is 5.69 Å². The van der Waals surface area contributed by atoms with Crippen molar-refractivity contribution in [2.45, 2.75) is 26.7 Å². The quantitative estimate of drug-likeness (QED) is 0.761. The van der Waals surface area contributed by atoms with Crippen LogP contribution in [0.15, 0.2) is 24.8 Å². The van der Waals surface area contributed by atoms with Gasteiger partial charge in [0.25, 0.3) is 0 Å². The van der Waals surface area contributed by atoms with Crippen molar-refractivity contribution in [2.75, 3.05) is 0 Å². The number of nitrogens with zero attached hydrogens (tertiary/aromatic N) is 2. The zero-order chi connectivity index (χ0) is 12.0. The average Bonchev–Trinajstić information content (AvgIpc) is 2.35. The Kier molecular flexibility index (Phi) is 4.47. The minimum absolute atomic E-state index is 0.441. The molecule has 0 unspecified atom stereocenters. The molecule has 0 spiro atoms. The highest BCUT2D eigenvalue weighted by Crippen LogP contribution is 2.17. The Bertz CT molecular complexity index is 450. The molecule has 0 saturated carbocycles. The van der Waals surface area contributed by atoms with Crippen molar-refractivity contribution < 1.29 is 0 Å². The Balaban J connectivity index is 3.13. The lowest BCUT2D eigenvalue weighted by Crippen LogP contribution is -1.91. The van der Waals surface area contributed by atoms with Crippen molar-refractivity contribution in [1.82, 2.24) is 4.98 Å². The molecule has 1 aromatic heterocycles. The van der Waals surface area contributed by atoms with Crippen LogP contribution in [0.5, 0.6) is 0 Å². The Labute approximate surface area is 96.9 Å². The molecule has 0 aliphatic rings. The van der Waals surface area contributed by atoms with Crippen LogP contribution in [0.4, 0.5) is 0 Å². The van der Waals surface area contributed by atoms with Gasteiger partial charge in [-0.05, 0) is 42.7 Å². The van der Waals surface area contributed by atoms with Gasteiger partial charge in [-0.2, -0.15) is 5.26 Å². The Morgan fingerprint density at radius 2 is 2.31 bits per heavy atom. The number of rotatable bonds is 4. The highest BCUT2D eigenvalue weighted by Gasteiger charge is 2.01. The molecule has 2 nitrogen and oxygen atoms in total. The highest BCUT2D eigenvalue weighted by atomic mass is 14.7. The smallest absolute Gasteiger partial charge is 0.141 e. The molecule has 0 saturated heterocycles. The maximum Gasteiger partial charge on any atom is 0.141 e. The summed E-state index contributed by atoms with van der Waals surface area (Å²) in [5.41, 5.74) is 3.42. The van der Waals surface area contributed by atoms with E-state index < -0.39 is 0 Å². The maximum absolute atomic E-state index is 8.87. The first-order valence-corrected chi connectivity index (χ1v) is 5.43. The van der Waals surface area contributed by atoms with Crippen molar-refractivity contribution >= 4 is 11.6 Å². The normalized spacial score (nSPS) is 10.9. The molecular weight excluding hydrogens is 196 g/mol. The molecule has 1 rings (SSSR count). The second kappa shape index (κ2) is 5.87. The maximum atomic E-state index is 8.87. The summed E-state index contributed by atoms with van der Waals surface area (Å²) in [6.45, 7) is 7.88. The van der Waals surface area contributed by atoms with Gasteiger partial charge in [-0.25, -0.2) is 4.98 Å². The van der Waals surface area contributed by atoms with Crippen molar-refractivity contribution in [2.24, 2.45) is 0 Å². The van der Waals surface area contributed by atoms with Crippen LogP contribution in [-0.2, 0) is 0 Å². The summed E-state index contributed by atoms with van der Waals surface area (Å²) in [7, 11) is 0. The first-order chi connectivity index (χ1) is 7.71. The lowest BCUT2D eigenvalue weighted by Gasteiger charge is -2.03. The zero-order valence-electron chi connectivity index (χ0n) is 9.83. The van der Waals surface area contributed by atoms with Gasteiger partial charge in [0.2, 0.25) is 0 Å². The minimum atomic E-state index is 0.441. The Morgan fingerprint density at radius 1 is 1.56 bits per heavy atom. The molecule has 0 amide bonds. The van der Waals surface area contributed by atoms with Crippen molar-refractivity contribution in [1.29, 1.82) is 5.26 Å². The molecule has 82 valence electrons. The number of nitriles is 1. The summed E-state index contributed by atoms with van der Waals surface area (Å²) in [5.74, 6) is 0. The fourth-order valence-corrected chi connectivity index (χ4v) is 1.42. The molecule has 0 aliphatic heterocycles. The third-order valence-corrected chi connectivity index (χ3v) is 2.36. The van der Waals surface area contributed by atoms with E-state index in [2.05, 4.69) is 37.6 Å². The van der Waals surface area contributed by atoms with Crippen molar-refractivity contribution in [3.8, 4) is 6.07 Å². The fraction of sp³-hybridized carbons (Fsp3) is 0.286. The molecule has 2 heteroatoms. The van der Waals surface area contributed by atoms with Crippen LogP contribution in [0.1, 0.15) is 43.6 Å². The van der Waals surface area contributed by atoms with E-state index in [9.17, 15) is 0 Å². The largest absolute Gasteiger partial charge is 0.238 e. The molecule has 0 radical (unpaired) electrons. The Morgan fingerprint density at radius 3 is 2.88 bits per heavy atom. The molecule has 0 N–H and O–H groups in total. The average molecular weight is 212 g/mol. The number of pyridine rings is 1. The molecule has 16 heavy (non-hydrogen) atoms. The third-order valence-electron chi connectivity index (χ3n) is 2.36. The number of hydrogen-bond donors (Lipinski definition) is 0. The predicted molar refractivity (Wildman–Crippen MR) is 67.6 cm³/mol. The molecule has 0 bridgehead atoms. The van der Waals surface area contributed by atoms with E-state index in [1.807, 2.05) is 12.1 Å². The number of unbranched alkanes of at least 4 members (excludes halogenated alkanes) is 1. The van der Waals surface area contributed by atoms with Gasteiger partial charge in [-0.3, -0.25) is 0 Å². The van der Waals surface area contributed by atoms with E-state index in [1.165, 1.54) is 5.57 Å². The monoisotopic (exact) mass is 212 g/mol. The third kappa shape index (κ3) is 3.06. The van der Waals surface area contributed by atoms with Gasteiger partial charge >= 0.3 is 0 Å². The summed E-state index contributed by atoms with van der Waals surface area (Å²) < 4.78 is 0. The summed E-state index contributed by atoms with van der Waals surface area (Å²) >= 11 is 0. The second-order valence-electron chi connectivity index (χ2n) is 3.66. The van der Waals surface area contributed by atoms with Crippen LogP contribution in [0.2, 0.25) is 0 Å². The summed E-state index contributed by atoms with van der Waals surface area (Å²) in [4.78, 5) is 4.13. The van der Waals surface area contributed by atoms with E-state index >= 15 is 0 Å². The second-order valence-corrected chi connectivity index (χ2v) is 3.66. The first kappa shape index (κ1) is 12.2. The van der Waals surface area contributed by atoms with Gasteiger partial charge in [-0.1, -0.05) is 26.0 Å². The topological polar surface area (TPSA) is 36.7 Å². The van der Waals surface area contributed by atoms with Crippen LogP contribution in [0.25, 0.3) is 11.6 Å². The highest BCUT2D eigenvalue weighted by molar-refractivity contribution is 5.66. The molecule has 0 aliphatic carbocycles. The number of aromatic nitrogens is 1. The molecule has 0 atom stereocenters. The molecule has 0 fully saturated rings. The number of hydrogen-bond acceptors (Lipinski definition) is 2. The standard InChI is InChI=1S/C14H16N2/c1-4-6-7-11(3)12-8-13(5-2)16-14(9-12)10-15/h5,7-9H,2,4,6H2,1,3H3/b11-7-. The van der Waals surface area contributed by atoms with Crippen LogP contribution in [0.3, 0.4) is 0 Å². The van der Waals surface area contributed by atoms with Gasteiger partial charge in [0, 0.05) is 0 Å². The van der Waals surface area contributed by atoms with Crippen LogP contribution < -0.4 is 0 Å². The minimum Gasteiger partial charge on any atom is -0.238 e. The van der Waals surface area contributed by atoms with E-state index in [1.54, 1.807) is 6.08 Å². The molecule has 1 aromatic rings. The zero-order valence-corrected chi connectivity index (χ0v) is 9.83. The first-order valence-electron chi connectivity index (χ1n) is 5.43. The van der Waals surface area contributed by atoms with Crippen LogP contribution in [0, 0.1) is 11.3 Å². The Hall–Kier alpha value is -1.88. The fourth-order valence-electron chi connectivity index (χ4n) is 1.42. The van der Waals surface area contributed by atoms with E-state index in [-0.39, 0.29) is 0 Å².